The molecule has 0 fully saturated rings. The lowest BCUT2D eigenvalue weighted by molar-refractivity contribution is -0.253. The first kappa shape index (κ1) is 13.5. The molecule has 0 heterocycles. The van der Waals surface area contributed by atoms with Crippen molar-refractivity contribution in [3.8, 4) is 0 Å². The number of ether oxygens (including phenoxy) is 2. The van der Waals surface area contributed by atoms with Crippen LogP contribution in [0.25, 0.3) is 0 Å². The van der Waals surface area contributed by atoms with Gasteiger partial charge in [0.2, 0.25) is 0 Å². The molecule has 0 aliphatic rings. The summed E-state index contributed by atoms with van der Waals surface area (Å²) in [6.07, 6.45) is -8.47. The van der Waals surface area contributed by atoms with E-state index in [4.69, 9.17) is 0 Å². The van der Waals surface area contributed by atoms with Crippen LogP contribution in [0, 0.1) is 0 Å². The standard InChI is InChI=1S/C6H8F6O2/c7-3-6(11,12)14-2-1-13-4-5(8,9)10/h1-4H2. The third-order valence-electron chi connectivity index (χ3n) is 0.962. The van der Waals surface area contributed by atoms with Gasteiger partial charge >= 0.3 is 12.3 Å². The van der Waals surface area contributed by atoms with Crippen molar-refractivity contribution in [1.82, 2.24) is 0 Å². The monoisotopic (exact) mass is 226 g/mol. The van der Waals surface area contributed by atoms with Crippen molar-refractivity contribution in [1.29, 1.82) is 0 Å². The maximum Gasteiger partial charge on any atom is 0.411 e. The molecule has 0 atom stereocenters. The summed E-state index contributed by atoms with van der Waals surface area (Å²) in [5.41, 5.74) is 0. The van der Waals surface area contributed by atoms with Crippen molar-refractivity contribution in [2.45, 2.75) is 12.3 Å². The molecule has 0 radical (unpaired) electrons. The van der Waals surface area contributed by atoms with Crippen LogP contribution in [0.4, 0.5) is 26.3 Å². The zero-order chi connectivity index (χ0) is 11.2. The Hall–Kier alpha value is -0.500. The predicted molar refractivity (Wildman–Crippen MR) is 33.7 cm³/mol. The lowest BCUT2D eigenvalue weighted by Gasteiger charge is -2.13. The lowest BCUT2D eigenvalue weighted by atomic mass is 10.6. The largest absolute Gasteiger partial charge is 0.411 e. The molecule has 0 aromatic rings. The van der Waals surface area contributed by atoms with Gasteiger partial charge in [-0.25, -0.2) is 4.39 Å². The molecule has 0 aliphatic heterocycles. The molecule has 0 unspecified atom stereocenters. The van der Waals surface area contributed by atoms with Crippen LogP contribution >= 0.6 is 0 Å². The van der Waals surface area contributed by atoms with Crippen LogP contribution in [0.1, 0.15) is 0 Å². The number of hydrogen-bond donors (Lipinski definition) is 0. The fourth-order valence-electron chi connectivity index (χ4n) is 0.476. The molecule has 8 heteroatoms. The lowest BCUT2D eigenvalue weighted by Crippen LogP contribution is -2.26. The van der Waals surface area contributed by atoms with Crippen molar-refractivity contribution in [3.05, 3.63) is 0 Å². The van der Waals surface area contributed by atoms with E-state index in [1.807, 2.05) is 0 Å². The predicted octanol–water partition coefficient (Wildman–Crippen LogP) is 2.14. The molecule has 0 spiro atoms. The van der Waals surface area contributed by atoms with Crippen LogP contribution in [-0.2, 0) is 9.47 Å². The van der Waals surface area contributed by atoms with Crippen molar-refractivity contribution >= 4 is 0 Å². The molecule has 0 aromatic carbocycles. The highest BCUT2D eigenvalue weighted by molar-refractivity contribution is 4.49. The Morgan fingerprint density at radius 2 is 1.50 bits per heavy atom. The van der Waals surface area contributed by atoms with Gasteiger partial charge in [-0.1, -0.05) is 0 Å². The highest BCUT2D eigenvalue weighted by Gasteiger charge is 2.30. The first-order chi connectivity index (χ1) is 6.27. The summed E-state index contributed by atoms with van der Waals surface area (Å²) >= 11 is 0. The molecule has 0 saturated carbocycles. The summed E-state index contributed by atoms with van der Waals surface area (Å²) in [5.74, 6) is 0. The van der Waals surface area contributed by atoms with Crippen LogP contribution in [0.3, 0.4) is 0 Å². The van der Waals surface area contributed by atoms with Crippen LogP contribution < -0.4 is 0 Å². The highest BCUT2D eigenvalue weighted by Crippen LogP contribution is 2.16. The second kappa shape index (κ2) is 5.40. The minimum atomic E-state index is -4.51. The Labute approximate surface area is 75.8 Å². The maximum atomic E-state index is 11.9. The number of rotatable bonds is 6. The fraction of sp³-hybridized carbons (Fsp3) is 1.00. The third-order valence-corrected chi connectivity index (χ3v) is 0.962. The SMILES string of the molecule is FCC(F)(F)OCCOCC(F)(F)F. The van der Waals surface area contributed by atoms with Crippen LogP contribution in [0.15, 0.2) is 0 Å². The zero-order valence-corrected chi connectivity index (χ0v) is 6.91. The molecule has 0 rings (SSSR count). The summed E-state index contributed by atoms with van der Waals surface area (Å²) in [6.45, 7) is -5.04. The maximum absolute atomic E-state index is 11.9. The quantitative estimate of drug-likeness (QED) is 0.510. The number of alkyl halides is 6. The van der Waals surface area contributed by atoms with Gasteiger partial charge in [0.25, 0.3) is 0 Å². The average molecular weight is 226 g/mol. The Bertz CT molecular complexity index is 157. The van der Waals surface area contributed by atoms with Crippen LogP contribution in [0.2, 0.25) is 0 Å². The van der Waals surface area contributed by atoms with E-state index in [1.54, 1.807) is 0 Å². The van der Waals surface area contributed by atoms with Gasteiger partial charge in [0, 0.05) is 0 Å². The Morgan fingerprint density at radius 1 is 0.929 bits per heavy atom. The Kier molecular flexibility index (Phi) is 5.21. The molecular weight excluding hydrogens is 218 g/mol. The molecule has 0 bridgehead atoms. The molecule has 0 aromatic heterocycles. The highest BCUT2D eigenvalue weighted by atomic mass is 19.4. The van der Waals surface area contributed by atoms with Gasteiger partial charge in [0.15, 0.2) is 6.67 Å². The van der Waals surface area contributed by atoms with Gasteiger partial charge in [0.1, 0.15) is 6.61 Å². The smallest absolute Gasteiger partial charge is 0.370 e. The van der Waals surface area contributed by atoms with Crippen molar-refractivity contribution in [2.24, 2.45) is 0 Å². The van der Waals surface area contributed by atoms with E-state index in [-0.39, 0.29) is 0 Å². The molecule has 86 valence electrons. The van der Waals surface area contributed by atoms with Gasteiger partial charge in [-0.3, -0.25) is 0 Å². The van der Waals surface area contributed by atoms with E-state index in [1.165, 1.54) is 0 Å². The average Bonchev–Trinajstić information content (AvgIpc) is 2.01. The summed E-state index contributed by atoms with van der Waals surface area (Å²) < 4.78 is 77.0. The minimum Gasteiger partial charge on any atom is -0.370 e. The van der Waals surface area contributed by atoms with Gasteiger partial charge in [0.05, 0.1) is 13.2 Å². The number of hydrogen-bond acceptors (Lipinski definition) is 2. The summed E-state index contributed by atoms with van der Waals surface area (Å²) in [7, 11) is 0. The molecule has 0 N–H and O–H groups in total. The summed E-state index contributed by atoms with van der Waals surface area (Å²) in [6, 6.07) is 0. The van der Waals surface area contributed by atoms with Gasteiger partial charge in [-0.05, 0) is 0 Å². The second-order valence-electron chi connectivity index (χ2n) is 2.29. The first-order valence-electron chi connectivity index (χ1n) is 3.49. The topological polar surface area (TPSA) is 18.5 Å². The Balaban J connectivity index is 3.39. The van der Waals surface area contributed by atoms with E-state index in [0.717, 1.165) is 0 Å². The third kappa shape index (κ3) is 8.11. The normalized spacial score (nSPS) is 13.3. The van der Waals surface area contributed by atoms with E-state index in [0.29, 0.717) is 0 Å². The molecule has 2 nitrogen and oxygen atoms in total. The van der Waals surface area contributed by atoms with Crippen LogP contribution in [-0.4, -0.2) is 38.8 Å². The Morgan fingerprint density at radius 3 is 1.93 bits per heavy atom. The summed E-state index contributed by atoms with van der Waals surface area (Å²) in [4.78, 5) is 0. The van der Waals surface area contributed by atoms with Gasteiger partial charge < -0.3 is 9.47 Å². The minimum absolute atomic E-state index is 0.672. The van der Waals surface area contributed by atoms with E-state index < -0.39 is 38.8 Å². The van der Waals surface area contributed by atoms with Gasteiger partial charge in [-0.15, -0.1) is 0 Å². The molecule has 0 amide bonds. The zero-order valence-electron chi connectivity index (χ0n) is 6.91. The van der Waals surface area contributed by atoms with Crippen molar-refractivity contribution in [3.63, 3.8) is 0 Å². The van der Waals surface area contributed by atoms with Crippen molar-refractivity contribution in [2.75, 3.05) is 26.5 Å². The molecule has 0 aliphatic carbocycles. The first-order valence-corrected chi connectivity index (χ1v) is 3.49. The molecular formula is C6H8F6O2. The van der Waals surface area contributed by atoms with Crippen LogP contribution in [0.5, 0.6) is 0 Å². The van der Waals surface area contributed by atoms with E-state index >= 15 is 0 Å². The summed E-state index contributed by atoms with van der Waals surface area (Å²) in [5, 5.41) is 0. The van der Waals surface area contributed by atoms with E-state index in [2.05, 4.69) is 9.47 Å². The molecule has 0 saturated heterocycles. The van der Waals surface area contributed by atoms with Gasteiger partial charge in [-0.2, -0.15) is 22.0 Å². The second-order valence-corrected chi connectivity index (χ2v) is 2.29. The van der Waals surface area contributed by atoms with E-state index in [9.17, 15) is 26.3 Å². The number of halogens is 6. The molecule has 14 heavy (non-hydrogen) atoms. The fourth-order valence-corrected chi connectivity index (χ4v) is 0.476. The van der Waals surface area contributed by atoms with Crippen molar-refractivity contribution < 1.29 is 35.8 Å².